The van der Waals surface area contributed by atoms with E-state index in [1.54, 1.807) is 13.2 Å². The van der Waals surface area contributed by atoms with E-state index in [1.807, 2.05) is 6.92 Å². The minimum atomic E-state index is -0.862. The zero-order chi connectivity index (χ0) is 13.8. The van der Waals surface area contributed by atoms with E-state index in [-0.39, 0.29) is 6.04 Å². The summed E-state index contributed by atoms with van der Waals surface area (Å²) in [4.78, 5) is 0. The summed E-state index contributed by atoms with van der Waals surface area (Å²) in [6, 6.07) is -0.373. The molecular formula is C14H17F2NO2. The Morgan fingerprint density at radius 3 is 2.74 bits per heavy atom. The van der Waals surface area contributed by atoms with Gasteiger partial charge in [-0.2, -0.15) is 0 Å². The number of methoxy groups -OCH3 is 1. The van der Waals surface area contributed by atoms with Gasteiger partial charge in [0, 0.05) is 31.4 Å². The van der Waals surface area contributed by atoms with E-state index in [1.165, 1.54) is 12.2 Å². The van der Waals surface area contributed by atoms with Crippen molar-refractivity contribution in [3.63, 3.8) is 0 Å². The van der Waals surface area contributed by atoms with Crippen molar-refractivity contribution in [2.75, 3.05) is 20.3 Å². The smallest absolute Gasteiger partial charge is 0.159 e. The third-order valence-electron chi connectivity index (χ3n) is 2.92. The van der Waals surface area contributed by atoms with E-state index in [0.29, 0.717) is 24.5 Å². The first-order valence-corrected chi connectivity index (χ1v) is 6.17. The summed E-state index contributed by atoms with van der Waals surface area (Å²) >= 11 is 0. The molecule has 0 aromatic rings. The SMILES string of the molecule is COCCCOC1=C2C=C(F)C(F)=CC2NC(C)=C1. The van der Waals surface area contributed by atoms with Crippen molar-refractivity contribution in [3.05, 3.63) is 46.9 Å². The number of hydrogen-bond acceptors (Lipinski definition) is 3. The Morgan fingerprint density at radius 2 is 2.00 bits per heavy atom. The fourth-order valence-electron chi connectivity index (χ4n) is 2.03. The van der Waals surface area contributed by atoms with Crippen molar-refractivity contribution in [2.45, 2.75) is 19.4 Å². The molecule has 0 spiro atoms. The van der Waals surface area contributed by atoms with Crippen LogP contribution in [0.5, 0.6) is 0 Å². The van der Waals surface area contributed by atoms with Gasteiger partial charge >= 0.3 is 0 Å². The summed E-state index contributed by atoms with van der Waals surface area (Å²) < 4.78 is 37.1. The van der Waals surface area contributed by atoms with Gasteiger partial charge in [-0.1, -0.05) is 0 Å². The van der Waals surface area contributed by atoms with Crippen molar-refractivity contribution < 1.29 is 18.3 Å². The second-order valence-corrected chi connectivity index (χ2v) is 4.47. The van der Waals surface area contributed by atoms with E-state index in [9.17, 15) is 8.78 Å². The monoisotopic (exact) mass is 269 g/mol. The normalized spacial score (nSPS) is 22.1. The van der Waals surface area contributed by atoms with Crippen LogP contribution in [0.1, 0.15) is 13.3 Å². The molecule has 1 atom stereocenters. The second-order valence-electron chi connectivity index (χ2n) is 4.47. The van der Waals surface area contributed by atoms with E-state index >= 15 is 0 Å². The number of hydrogen-bond donors (Lipinski definition) is 1. The zero-order valence-corrected chi connectivity index (χ0v) is 11.0. The van der Waals surface area contributed by atoms with Crippen molar-refractivity contribution in [1.82, 2.24) is 5.32 Å². The van der Waals surface area contributed by atoms with Crippen LogP contribution in [0.3, 0.4) is 0 Å². The minimum Gasteiger partial charge on any atom is -0.493 e. The summed E-state index contributed by atoms with van der Waals surface area (Å²) in [5.41, 5.74) is 1.47. The zero-order valence-electron chi connectivity index (χ0n) is 11.0. The number of fused-ring (bicyclic) bond motifs is 1. The number of rotatable bonds is 5. The van der Waals surface area contributed by atoms with Gasteiger partial charge in [-0.25, -0.2) is 8.78 Å². The Balaban J connectivity index is 2.16. The molecule has 0 saturated heterocycles. The van der Waals surface area contributed by atoms with Gasteiger partial charge < -0.3 is 14.8 Å². The van der Waals surface area contributed by atoms with Gasteiger partial charge in [-0.05, 0) is 25.2 Å². The molecule has 1 aliphatic heterocycles. The molecule has 0 aromatic carbocycles. The molecule has 0 radical (unpaired) electrons. The Bertz CT molecular complexity index is 478. The van der Waals surface area contributed by atoms with Crippen molar-refractivity contribution >= 4 is 0 Å². The number of ether oxygens (including phenoxy) is 2. The third-order valence-corrected chi connectivity index (χ3v) is 2.92. The number of allylic oxidation sites excluding steroid dienone is 4. The number of halogens is 2. The van der Waals surface area contributed by atoms with E-state index < -0.39 is 11.7 Å². The highest BCUT2D eigenvalue weighted by Crippen LogP contribution is 2.30. The molecule has 0 aromatic heterocycles. The molecule has 19 heavy (non-hydrogen) atoms. The first-order chi connectivity index (χ1) is 9.11. The molecule has 0 bridgehead atoms. The quantitative estimate of drug-likeness (QED) is 0.778. The minimum absolute atomic E-state index is 0.373. The molecule has 3 nitrogen and oxygen atoms in total. The first kappa shape index (κ1) is 13.8. The summed E-state index contributed by atoms with van der Waals surface area (Å²) in [5, 5.41) is 3.07. The van der Waals surface area contributed by atoms with Crippen molar-refractivity contribution in [1.29, 1.82) is 0 Å². The lowest BCUT2D eigenvalue weighted by molar-refractivity contribution is 0.147. The lowest BCUT2D eigenvalue weighted by atomic mass is 9.96. The summed E-state index contributed by atoms with van der Waals surface area (Å²) in [5.74, 6) is -1.12. The Hall–Kier alpha value is -1.62. The highest BCUT2D eigenvalue weighted by Gasteiger charge is 2.26. The van der Waals surface area contributed by atoms with Crippen LogP contribution in [0.2, 0.25) is 0 Å². The second kappa shape index (κ2) is 6.02. The van der Waals surface area contributed by atoms with Crippen LogP contribution in [-0.4, -0.2) is 26.4 Å². The lowest BCUT2D eigenvalue weighted by Gasteiger charge is -2.27. The van der Waals surface area contributed by atoms with Crippen LogP contribution >= 0.6 is 0 Å². The highest BCUT2D eigenvalue weighted by atomic mass is 19.2. The van der Waals surface area contributed by atoms with Gasteiger partial charge in [0.2, 0.25) is 0 Å². The van der Waals surface area contributed by atoms with Crippen LogP contribution in [-0.2, 0) is 9.47 Å². The van der Waals surface area contributed by atoms with Gasteiger partial charge in [0.15, 0.2) is 11.7 Å². The molecular weight excluding hydrogens is 252 g/mol. The predicted molar refractivity (Wildman–Crippen MR) is 68.5 cm³/mol. The molecule has 104 valence electrons. The summed E-state index contributed by atoms with van der Waals surface area (Å²) in [6.45, 7) is 2.94. The first-order valence-electron chi connectivity index (χ1n) is 6.17. The van der Waals surface area contributed by atoms with Crippen LogP contribution in [0.15, 0.2) is 46.9 Å². The standard InChI is InChI=1S/C14H17F2NO2/c1-9-6-14(19-5-3-4-18-2)10-7-11(15)12(16)8-13(10)17-9/h6-8,13,17H,3-5H2,1-2H3. The Morgan fingerprint density at radius 1 is 1.21 bits per heavy atom. The van der Waals surface area contributed by atoms with Crippen LogP contribution in [0.25, 0.3) is 0 Å². The fourth-order valence-corrected chi connectivity index (χ4v) is 2.03. The van der Waals surface area contributed by atoms with Gasteiger partial charge in [-0.15, -0.1) is 0 Å². The van der Waals surface area contributed by atoms with E-state index in [0.717, 1.165) is 12.1 Å². The molecule has 5 heteroatoms. The Kier molecular flexibility index (Phi) is 4.37. The summed E-state index contributed by atoms with van der Waals surface area (Å²) in [7, 11) is 1.62. The van der Waals surface area contributed by atoms with E-state index in [4.69, 9.17) is 9.47 Å². The van der Waals surface area contributed by atoms with E-state index in [2.05, 4.69) is 5.32 Å². The molecule has 0 saturated carbocycles. The van der Waals surface area contributed by atoms with Crippen LogP contribution in [0.4, 0.5) is 8.78 Å². The molecule has 1 N–H and O–H groups in total. The van der Waals surface area contributed by atoms with Gasteiger partial charge in [0.1, 0.15) is 5.76 Å². The average Bonchev–Trinajstić information content (AvgIpc) is 2.36. The van der Waals surface area contributed by atoms with Crippen molar-refractivity contribution in [3.8, 4) is 0 Å². The molecule has 1 heterocycles. The molecule has 2 rings (SSSR count). The third kappa shape index (κ3) is 3.23. The molecule has 2 aliphatic rings. The van der Waals surface area contributed by atoms with Crippen molar-refractivity contribution in [2.24, 2.45) is 0 Å². The number of nitrogens with one attached hydrogen (secondary N) is 1. The highest BCUT2D eigenvalue weighted by molar-refractivity contribution is 5.48. The molecule has 0 fully saturated rings. The maximum absolute atomic E-state index is 13.3. The molecule has 1 unspecified atom stereocenters. The maximum Gasteiger partial charge on any atom is 0.159 e. The van der Waals surface area contributed by atoms with Gasteiger partial charge in [-0.3, -0.25) is 0 Å². The average molecular weight is 269 g/mol. The Labute approximate surface area is 111 Å². The van der Waals surface area contributed by atoms with Crippen LogP contribution < -0.4 is 5.32 Å². The van der Waals surface area contributed by atoms with Gasteiger partial charge in [0.05, 0.1) is 12.6 Å². The lowest BCUT2D eigenvalue weighted by Crippen LogP contribution is -2.33. The molecule has 0 amide bonds. The fraction of sp³-hybridized carbons (Fsp3) is 0.429. The largest absolute Gasteiger partial charge is 0.493 e. The maximum atomic E-state index is 13.3. The number of dihydropyridines is 1. The summed E-state index contributed by atoms with van der Waals surface area (Å²) in [6.07, 6.45) is 4.94. The topological polar surface area (TPSA) is 30.5 Å². The van der Waals surface area contributed by atoms with Gasteiger partial charge in [0.25, 0.3) is 0 Å². The molecule has 1 aliphatic carbocycles. The predicted octanol–water partition coefficient (Wildman–Crippen LogP) is 2.89. The van der Waals surface area contributed by atoms with Crippen LogP contribution in [0, 0.1) is 0 Å².